The molecule has 6 nitrogen and oxygen atoms in total. The quantitative estimate of drug-likeness (QED) is 0.655. The van der Waals surface area contributed by atoms with Gasteiger partial charge in [0, 0.05) is 12.1 Å². The first-order chi connectivity index (χ1) is 14.6. The number of rotatable bonds is 9. The molecule has 0 radical (unpaired) electrons. The fourth-order valence-corrected chi connectivity index (χ4v) is 3.08. The first kappa shape index (κ1) is 24.2. The molecule has 2 amide bonds. The SMILES string of the molecule is CC[C@H](C(=O)NC(C)(C)C)N(Cc1ccc(OC)cc1)C(=O)COc1ccccc1F. The van der Waals surface area contributed by atoms with Crippen LogP contribution in [-0.4, -0.2) is 42.0 Å². The number of nitrogens with zero attached hydrogens (tertiary/aromatic N) is 1. The maximum absolute atomic E-state index is 13.9. The number of carbonyl (C=O) groups is 2. The van der Waals surface area contributed by atoms with Crippen LogP contribution >= 0.6 is 0 Å². The van der Waals surface area contributed by atoms with Crippen LogP contribution in [0.1, 0.15) is 39.7 Å². The van der Waals surface area contributed by atoms with Crippen LogP contribution in [0.2, 0.25) is 0 Å². The molecule has 0 fully saturated rings. The van der Waals surface area contributed by atoms with Crippen LogP contribution in [0, 0.1) is 5.82 Å². The Hall–Kier alpha value is -3.09. The van der Waals surface area contributed by atoms with E-state index in [1.165, 1.54) is 17.0 Å². The van der Waals surface area contributed by atoms with Crippen LogP contribution in [-0.2, 0) is 16.1 Å². The van der Waals surface area contributed by atoms with Crippen LogP contribution in [0.15, 0.2) is 48.5 Å². The molecular weight excluding hydrogens is 399 g/mol. The Morgan fingerprint density at radius 3 is 2.29 bits per heavy atom. The predicted molar refractivity (Wildman–Crippen MR) is 117 cm³/mol. The van der Waals surface area contributed by atoms with Gasteiger partial charge in [-0.05, 0) is 57.0 Å². The molecule has 1 atom stereocenters. The van der Waals surface area contributed by atoms with Crippen molar-refractivity contribution in [1.29, 1.82) is 0 Å². The van der Waals surface area contributed by atoms with Crippen molar-refractivity contribution in [3.8, 4) is 11.5 Å². The number of hydrogen-bond donors (Lipinski definition) is 1. The summed E-state index contributed by atoms with van der Waals surface area (Å²) in [5.41, 5.74) is 0.394. The van der Waals surface area contributed by atoms with Crippen molar-refractivity contribution in [1.82, 2.24) is 10.2 Å². The van der Waals surface area contributed by atoms with Gasteiger partial charge in [-0.1, -0.05) is 31.2 Å². The van der Waals surface area contributed by atoms with Gasteiger partial charge in [0.15, 0.2) is 18.2 Å². The first-order valence-corrected chi connectivity index (χ1v) is 10.3. The summed E-state index contributed by atoms with van der Waals surface area (Å²) >= 11 is 0. The number of halogens is 1. The van der Waals surface area contributed by atoms with Crippen LogP contribution in [0.25, 0.3) is 0 Å². The third kappa shape index (κ3) is 7.27. The number of nitrogens with one attached hydrogen (secondary N) is 1. The second kappa shape index (κ2) is 10.8. The zero-order valence-electron chi connectivity index (χ0n) is 18.8. The minimum atomic E-state index is -0.696. The van der Waals surface area contributed by atoms with E-state index in [1.54, 1.807) is 31.4 Å². The summed E-state index contributed by atoms with van der Waals surface area (Å²) in [6, 6.07) is 12.5. The average molecular weight is 431 g/mol. The van der Waals surface area contributed by atoms with Crippen LogP contribution in [0.3, 0.4) is 0 Å². The van der Waals surface area contributed by atoms with E-state index in [0.29, 0.717) is 12.2 Å². The Morgan fingerprint density at radius 1 is 1.10 bits per heavy atom. The van der Waals surface area contributed by atoms with Gasteiger partial charge < -0.3 is 19.7 Å². The van der Waals surface area contributed by atoms with Crippen molar-refractivity contribution in [2.45, 2.75) is 52.2 Å². The number of para-hydroxylation sites is 1. The molecule has 0 saturated heterocycles. The van der Waals surface area contributed by atoms with Crippen molar-refractivity contribution in [3.63, 3.8) is 0 Å². The van der Waals surface area contributed by atoms with E-state index in [-0.39, 0.29) is 24.8 Å². The fourth-order valence-electron chi connectivity index (χ4n) is 3.08. The van der Waals surface area contributed by atoms with Crippen LogP contribution < -0.4 is 14.8 Å². The van der Waals surface area contributed by atoms with Gasteiger partial charge in [-0.3, -0.25) is 9.59 Å². The van der Waals surface area contributed by atoms with Crippen molar-refractivity contribution < 1.29 is 23.5 Å². The average Bonchev–Trinajstić information content (AvgIpc) is 2.72. The normalized spacial score (nSPS) is 12.1. The van der Waals surface area contributed by atoms with Gasteiger partial charge in [-0.15, -0.1) is 0 Å². The van der Waals surface area contributed by atoms with E-state index in [9.17, 15) is 14.0 Å². The highest BCUT2D eigenvalue weighted by atomic mass is 19.1. The Bertz CT molecular complexity index is 878. The molecule has 2 rings (SSSR count). The summed E-state index contributed by atoms with van der Waals surface area (Å²) in [4.78, 5) is 27.5. The Morgan fingerprint density at radius 2 is 1.74 bits per heavy atom. The highest BCUT2D eigenvalue weighted by Crippen LogP contribution is 2.19. The van der Waals surface area contributed by atoms with Gasteiger partial charge >= 0.3 is 0 Å². The van der Waals surface area contributed by atoms with Gasteiger partial charge in [-0.2, -0.15) is 0 Å². The molecule has 0 spiro atoms. The molecule has 0 aliphatic carbocycles. The smallest absolute Gasteiger partial charge is 0.261 e. The molecule has 168 valence electrons. The Balaban J connectivity index is 2.24. The Kier molecular flexibility index (Phi) is 8.42. The number of carbonyl (C=O) groups excluding carboxylic acids is 2. The lowest BCUT2D eigenvalue weighted by molar-refractivity contribution is -0.143. The van der Waals surface area contributed by atoms with Crippen molar-refractivity contribution in [2.75, 3.05) is 13.7 Å². The van der Waals surface area contributed by atoms with Crippen LogP contribution in [0.5, 0.6) is 11.5 Å². The molecule has 0 bridgehead atoms. The molecule has 0 aliphatic heterocycles. The number of methoxy groups -OCH3 is 1. The third-order valence-corrected chi connectivity index (χ3v) is 4.58. The summed E-state index contributed by atoms with van der Waals surface area (Å²) in [6.45, 7) is 7.33. The molecule has 2 aromatic carbocycles. The molecule has 1 N–H and O–H groups in total. The molecule has 7 heteroatoms. The summed E-state index contributed by atoms with van der Waals surface area (Å²) < 4.78 is 24.5. The van der Waals surface area contributed by atoms with Crippen LogP contribution in [0.4, 0.5) is 4.39 Å². The second-order valence-corrected chi connectivity index (χ2v) is 8.25. The van der Waals surface area contributed by atoms with Gasteiger partial charge in [0.1, 0.15) is 11.8 Å². The molecular formula is C24H31FN2O4. The van der Waals surface area contributed by atoms with E-state index >= 15 is 0 Å². The van der Waals surface area contributed by atoms with E-state index in [1.807, 2.05) is 39.8 Å². The molecule has 0 heterocycles. The van der Waals surface area contributed by atoms with E-state index in [0.717, 1.165) is 5.56 Å². The number of ether oxygens (including phenoxy) is 2. The zero-order valence-corrected chi connectivity index (χ0v) is 18.8. The van der Waals surface area contributed by atoms with E-state index < -0.39 is 23.3 Å². The molecule has 0 saturated carbocycles. The molecule has 2 aromatic rings. The van der Waals surface area contributed by atoms with Gasteiger partial charge in [-0.25, -0.2) is 4.39 Å². The molecule has 0 aromatic heterocycles. The number of benzene rings is 2. The minimum absolute atomic E-state index is 0.00700. The number of amides is 2. The highest BCUT2D eigenvalue weighted by Gasteiger charge is 2.31. The summed E-state index contributed by atoms with van der Waals surface area (Å²) in [7, 11) is 1.58. The van der Waals surface area contributed by atoms with E-state index in [4.69, 9.17) is 9.47 Å². The summed E-state index contributed by atoms with van der Waals surface area (Å²) in [5, 5.41) is 2.94. The number of hydrogen-bond acceptors (Lipinski definition) is 4. The predicted octanol–water partition coefficient (Wildman–Crippen LogP) is 3.94. The lowest BCUT2D eigenvalue weighted by atomic mass is 10.1. The van der Waals surface area contributed by atoms with E-state index in [2.05, 4.69) is 5.32 Å². The lowest BCUT2D eigenvalue weighted by Crippen LogP contribution is -2.54. The third-order valence-electron chi connectivity index (χ3n) is 4.58. The van der Waals surface area contributed by atoms with Crippen molar-refractivity contribution >= 4 is 11.8 Å². The van der Waals surface area contributed by atoms with Gasteiger partial charge in [0.2, 0.25) is 5.91 Å². The van der Waals surface area contributed by atoms with Crippen molar-refractivity contribution in [3.05, 3.63) is 59.9 Å². The maximum Gasteiger partial charge on any atom is 0.261 e. The topological polar surface area (TPSA) is 67.9 Å². The highest BCUT2D eigenvalue weighted by molar-refractivity contribution is 5.88. The first-order valence-electron chi connectivity index (χ1n) is 10.3. The molecule has 0 unspecified atom stereocenters. The molecule has 0 aliphatic rings. The summed E-state index contributed by atoms with van der Waals surface area (Å²) in [6.07, 6.45) is 0.420. The zero-order chi connectivity index (χ0) is 23.0. The van der Waals surface area contributed by atoms with Crippen molar-refractivity contribution in [2.24, 2.45) is 0 Å². The standard InChI is InChI=1S/C24H31FN2O4/c1-6-20(23(29)26-24(2,3)4)27(15-17-11-13-18(30-5)14-12-17)22(28)16-31-21-10-8-7-9-19(21)25/h7-14,20H,6,15-16H2,1-5H3,(H,26,29)/t20-/m1/s1. The summed E-state index contributed by atoms with van der Waals surface area (Å²) in [5.74, 6) is -0.512. The fraction of sp³-hybridized carbons (Fsp3) is 0.417. The van der Waals surface area contributed by atoms with Gasteiger partial charge in [0.05, 0.1) is 7.11 Å². The maximum atomic E-state index is 13.9. The Labute approximate surface area is 183 Å². The second-order valence-electron chi connectivity index (χ2n) is 8.25. The monoisotopic (exact) mass is 430 g/mol. The molecule has 31 heavy (non-hydrogen) atoms. The van der Waals surface area contributed by atoms with Gasteiger partial charge in [0.25, 0.3) is 5.91 Å². The largest absolute Gasteiger partial charge is 0.497 e. The minimum Gasteiger partial charge on any atom is -0.497 e. The lowest BCUT2D eigenvalue weighted by Gasteiger charge is -2.33.